The van der Waals surface area contributed by atoms with Gasteiger partial charge in [-0.25, -0.2) is 13.4 Å². The van der Waals surface area contributed by atoms with Gasteiger partial charge in [0.25, 0.3) is 0 Å². The first kappa shape index (κ1) is 23.2. The zero-order valence-electron chi connectivity index (χ0n) is 18.3. The first-order valence-corrected chi connectivity index (χ1v) is 13.2. The second kappa shape index (κ2) is 9.90. The molecular weight excluding hydrogens is 450 g/mol. The van der Waals surface area contributed by atoms with Gasteiger partial charge in [0.05, 0.1) is 23.4 Å². The molecule has 0 radical (unpaired) electrons. The number of hydrogen-bond donors (Lipinski definition) is 2. The molecule has 1 saturated carbocycles. The predicted octanol–water partition coefficient (Wildman–Crippen LogP) is 2.91. The van der Waals surface area contributed by atoms with Crippen molar-refractivity contribution in [2.45, 2.75) is 60.8 Å². The van der Waals surface area contributed by atoms with Crippen molar-refractivity contribution in [1.29, 1.82) is 0 Å². The van der Waals surface area contributed by atoms with Crippen LogP contribution >= 0.6 is 11.8 Å². The van der Waals surface area contributed by atoms with Gasteiger partial charge in [0, 0.05) is 24.7 Å². The van der Waals surface area contributed by atoms with E-state index in [0.717, 1.165) is 18.7 Å². The fourth-order valence-corrected chi connectivity index (χ4v) is 6.42. The number of benzene rings is 1. The normalized spacial score (nSPS) is 19.2. The Morgan fingerprint density at radius 3 is 2.72 bits per heavy atom. The first-order valence-electron chi connectivity index (χ1n) is 10.9. The maximum Gasteiger partial charge on any atom is 0.243 e. The van der Waals surface area contributed by atoms with Crippen molar-refractivity contribution in [2.75, 3.05) is 31.6 Å². The Morgan fingerprint density at radius 2 is 2.00 bits per heavy atom. The molecule has 2 aliphatic rings. The van der Waals surface area contributed by atoms with Crippen LogP contribution in [0.15, 0.2) is 28.3 Å². The number of amides is 1. The van der Waals surface area contributed by atoms with Crippen LogP contribution in [0.25, 0.3) is 0 Å². The van der Waals surface area contributed by atoms with Gasteiger partial charge >= 0.3 is 0 Å². The lowest BCUT2D eigenvalue weighted by atomic mass is 10.1. The largest absolute Gasteiger partial charge is 0.379 e. The number of rotatable bonds is 7. The summed E-state index contributed by atoms with van der Waals surface area (Å²) in [5.41, 5.74) is 1.08. The van der Waals surface area contributed by atoms with Crippen molar-refractivity contribution < 1.29 is 17.9 Å². The summed E-state index contributed by atoms with van der Waals surface area (Å²) in [7, 11) is -3.65. The summed E-state index contributed by atoms with van der Waals surface area (Å²) >= 11 is 1.28. The van der Waals surface area contributed by atoms with Crippen molar-refractivity contribution in [1.82, 2.24) is 19.5 Å². The zero-order valence-corrected chi connectivity index (χ0v) is 20.0. The van der Waals surface area contributed by atoms with E-state index in [1.807, 2.05) is 0 Å². The highest BCUT2D eigenvalue weighted by molar-refractivity contribution is 8.00. The number of carbonyl (C=O) groups excluding carboxylic acids is 1. The molecule has 174 valence electrons. The average Bonchev–Trinajstić information content (AvgIpc) is 3.47. The van der Waals surface area contributed by atoms with Gasteiger partial charge in [-0.15, -0.1) is 5.10 Å². The maximum atomic E-state index is 13.1. The molecule has 1 atom stereocenters. The smallest absolute Gasteiger partial charge is 0.243 e. The zero-order chi connectivity index (χ0) is 22.7. The number of aromatic nitrogens is 3. The van der Waals surface area contributed by atoms with Crippen LogP contribution in [0.3, 0.4) is 0 Å². The topological polar surface area (TPSA) is 117 Å². The van der Waals surface area contributed by atoms with Crippen LogP contribution in [-0.2, 0) is 19.6 Å². The Hall–Kier alpha value is -1.95. The van der Waals surface area contributed by atoms with E-state index in [-0.39, 0.29) is 10.8 Å². The number of nitrogens with one attached hydrogen (secondary N) is 2. The molecular formula is C21H29N5O4S2. The lowest BCUT2D eigenvalue weighted by Crippen LogP contribution is -2.40. The van der Waals surface area contributed by atoms with Gasteiger partial charge in [-0.3, -0.25) is 9.89 Å². The fraction of sp³-hybridized carbons (Fsp3) is 0.571. The Balaban J connectivity index is 1.42. The lowest BCUT2D eigenvalue weighted by Gasteiger charge is -2.27. The maximum absolute atomic E-state index is 13.1. The number of carbonyl (C=O) groups is 1. The highest BCUT2D eigenvalue weighted by atomic mass is 32.2. The van der Waals surface area contributed by atoms with Gasteiger partial charge in [0.2, 0.25) is 21.1 Å². The van der Waals surface area contributed by atoms with E-state index < -0.39 is 15.3 Å². The summed E-state index contributed by atoms with van der Waals surface area (Å²) in [6.45, 7) is 4.95. The van der Waals surface area contributed by atoms with Gasteiger partial charge in [0.1, 0.15) is 5.82 Å². The molecule has 1 unspecified atom stereocenters. The van der Waals surface area contributed by atoms with Crippen LogP contribution in [0.5, 0.6) is 0 Å². The summed E-state index contributed by atoms with van der Waals surface area (Å²) < 4.78 is 32.8. The van der Waals surface area contributed by atoms with Crippen molar-refractivity contribution in [3.63, 3.8) is 0 Å². The number of sulfonamides is 1. The van der Waals surface area contributed by atoms with Gasteiger partial charge in [-0.1, -0.05) is 30.7 Å². The van der Waals surface area contributed by atoms with Crippen LogP contribution in [0.4, 0.5) is 5.69 Å². The van der Waals surface area contributed by atoms with Gasteiger partial charge in [-0.05, 0) is 44.4 Å². The van der Waals surface area contributed by atoms with Crippen LogP contribution in [0, 0.1) is 6.92 Å². The van der Waals surface area contributed by atoms with Crippen molar-refractivity contribution in [2.24, 2.45) is 0 Å². The molecule has 1 aliphatic heterocycles. The second-order valence-corrected chi connectivity index (χ2v) is 11.4. The standard InChI is InChI=1S/C21H29N5O4S2/c1-14-7-8-17(13-18(14)32(28,29)26-9-11-30-12-10-26)22-20(27)15(2)31-21-23-19(24-25-21)16-5-3-4-6-16/h7-8,13,15-16H,3-6,9-12H2,1-2H3,(H,22,27)(H,23,24,25). The molecule has 4 rings (SSSR count). The first-order chi connectivity index (χ1) is 15.3. The molecule has 2 heterocycles. The van der Waals surface area contributed by atoms with Crippen molar-refractivity contribution in [3.8, 4) is 0 Å². The van der Waals surface area contributed by atoms with E-state index in [1.165, 1.54) is 35.0 Å². The molecule has 2 aromatic rings. The number of nitrogens with zero attached hydrogens (tertiary/aromatic N) is 3. The van der Waals surface area contributed by atoms with Gasteiger partial charge in [0.15, 0.2) is 0 Å². The SMILES string of the molecule is Cc1ccc(NC(=O)C(C)Sc2n[nH]c(C3CCCC3)n2)cc1S(=O)(=O)N1CCOCC1. The molecule has 1 aromatic carbocycles. The third kappa shape index (κ3) is 5.16. The highest BCUT2D eigenvalue weighted by Gasteiger charge is 2.28. The number of aromatic amines is 1. The lowest BCUT2D eigenvalue weighted by molar-refractivity contribution is -0.115. The minimum absolute atomic E-state index is 0.202. The minimum Gasteiger partial charge on any atom is -0.379 e. The van der Waals surface area contributed by atoms with E-state index in [9.17, 15) is 13.2 Å². The Labute approximate surface area is 192 Å². The third-order valence-corrected chi connectivity index (χ3v) is 8.92. The van der Waals surface area contributed by atoms with Crippen molar-refractivity contribution >= 4 is 33.4 Å². The van der Waals surface area contributed by atoms with Crippen LogP contribution in [0.2, 0.25) is 0 Å². The highest BCUT2D eigenvalue weighted by Crippen LogP contribution is 2.33. The Kier molecular flexibility index (Phi) is 7.18. The van der Waals surface area contributed by atoms with E-state index in [0.29, 0.717) is 48.6 Å². The van der Waals surface area contributed by atoms with Crippen molar-refractivity contribution in [3.05, 3.63) is 29.6 Å². The predicted molar refractivity (Wildman–Crippen MR) is 122 cm³/mol. The summed E-state index contributed by atoms with van der Waals surface area (Å²) in [4.78, 5) is 17.5. The van der Waals surface area contributed by atoms with Crippen LogP contribution in [-0.4, -0.2) is 65.4 Å². The molecule has 1 aliphatic carbocycles. The number of thioether (sulfide) groups is 1. The second-order valence-electron chi connectivity index (χ2n) is 8.23. The summed E-state index contributed by atoms with van der Waals surface area (Å²) in [6, 6.07) is 4.96. The number of aryl methyl sites for hydroxylation is 1. The summed E-state index contributed by atoms with van der Waals surface area (Å²) in [5, 5.41) is 10.2. The molecule has 2 N–H and O–H groups in total. The average molecular weight is 480 g/mol. The Bertz CT molecular complexity index is 1060. The fourth-order valence-electron chi connectivity index (χ4n) is 4.03. The molecule has 1 amide bonds. The molecule has 1 saturated heterocycles. The molecule has 9 nitrogen and oxygen atoms in total. The summed E-state index contributed by atoms with van der Waals surface area (Å²) in [6.07, 6.45) is 4.68. The number of anilines is 1. The number of ether oxygens (including phenoxy) is 1. The Morgan fingerprint density at radius 1 is 1.28 bits per heavy atom. The third-order valence-electron chi connectivity index (χ3n) is 5.92. The van der Waals surface area contributed by atoms with Gasteiger partial charge < -0.3 is 10.1 Å². The van der Waals surface area contributed by atoms with Gasteiger partial charge in [-0.2, -0.15) is 4.31 Å². The van der Waals surface area contributed by atoms with Crippen LogP contribution < -0.4 is 5.32 Å². The quantitative estimate of drug-likeness (QED) is 0.586. The summed E-state index contributed by atoms with van der Waals surface area (Å²) in [5.74, 6) is 1.09. The van der Waals surface area contributed by atoms with Crippen LogP contribution in [0.1, 0.15) is 49.9 Å². The molecule has 0 spiro atoms. The molecule has 11 heteroatoms. The number of H-pyrrole nitrogens is 1. The molecule has 2 fully saturated rings. The minimum atomic E-state index is -3.65. The van der Waals surface area contributed by atoms with E-state index >= 15 is 0 Å². The van der Waals surface area contributed by atoms with E-state index in [1.54, 1.807) is 26.0 Å². The monoisotopic (exact) mass is 479 g/mol. The van der Waals surface area contributed by atoms with E-state index in [4.69, 9.17) is 4.74 Å². The molecule has 32 heavy (non-hydrogen) atoms. The van der Waals surface area contributed by atoms with E-state index in [2.05, 4.69) is 20.5 Å². The molecule has 0 bridgehead atoms. The molecule has 1 aromatic heterocycles. The number of morpholine rings is 1. The number of hydrogen-bond acceptors (Lipinski definition) is 7.